The molecule has 1 fully saturated rings. The van der Waals surface area contributed by atoms with Gasteiger partial charge in [-0.1, -0.05) is 12.8 Å². The van der Waals surface area contributed by atoms with Gasteiger partial charge in [-0.2, -0.15) is 0 Å². The first-order valence-corrected chi connectivity index (χ1v) is 6.18. The molecule has 0 radical (unpaired) electrons. The summed E-state index contributed by atoms with van der Waals surface area (Å²) >= 11 is 0. The van der Waals surface area contributed by atoms with Gasteiger partial charge in [0.15, 0.2) is 0 Å². The number of likely N-dealkylation sites (N-methyl/N-ethyl adjacent to an activating group) is 1. The highest BCUT2D eigenvalue weighted by atomic mass is 16.3. The van der Waals surface area contributed by atoms with Crippen LogP contribution in [0.3, 0.4) is 0 Å². The van der Waals surface area contributed by atoms with Crippen LogP contribution in [0.5, 0.6) is 0 Å². The maximum absolute atomic E-state index is 10.0. The SMILES string of the molecule is CN(c1cnccc1CO)C1CCCCC1O. The molecular formula is C13H20N2O2. The summed E-state index contributed by atoms with van der Waals surface area (Å²) in [4.78, 5) is 6.16. The molecule has 0 spiro atoms. The lowest BCUT2D eigenvalue weighted by Gasteiger charge is -2.37. The normalized spacial score (nSPS) is 24.6. The smallest absolute Gasteiger partial charge is 0.0743 e. The van der Waals surface area contributed by atoms with Crippen molar-refractivity contribution in [3.8, 4) is 0 Å². The molecule has 1 aliphatic rings. The first kappa shape index (κ1) is 12.3. The number of hydrogen-bond donors (Lipinski definition) is 2. The van der Waals surface area contributed by atoms with Gasteiger partial charge in [-0.3, -0.25) is 4.98 Å². The molecule has 2 N–H and O–H groups in total. The van der Waals surface area contributed by atoms with E-state index in [4.69, 9.17) is 0 Å². The molecule has 0 saturated heterocycles. The Hall–Kier alpha value is -1.13. The first-order valence-electron chi connectivity index (χ1n) is 6.18. The summed E-state index contributed by atoms with van der Waals surface area (Å²) in [5.74, 6) is 0. The van der Waals surface area contributed by atoms with E-state index in [1.165, 1.54) is 0 Å². The Balaban J connectivity index is 2.20. The second-order valence-corrected chi connectivity index (χ2v) is 4.69. The monoisotopic (exact) mass is 236 g/mol. The van der Waals surface area contributed by atoms with Crippen LogP contribution in [0.4, 0.5) is 5.69 Å². The van der Waals surface area contributed by atoms with Crippen molar-refractivity contribution < 1.29 is 10.2 Å². The van der Waals surface area contributed by atoms with E-state index in [2.05, 4.69) is 9.88 Å². The molecule has 2 atom stereocenters. The highest BCUT2D eigenvalue weighted by Crippen LogP contribution is 2.28. The van der Waals surface area contributed by atoms with Crippen LogP contribution >= 0.6 is 0 Å². The van der Waals surface area contributed by atoms with E-state index in [0.717, 1.165) is 36.9 Å². The van der Waals surface area contributed by atoms with Gasteiger partial charge < -0.3 is 15.1 Å². The van der Waals surface area contributed by atoms with E-state index in [1.807, 2.05) is 13.1 Å². The molecular weight excluding hydrogens is 216 g/mol. The van der Waals surface area contributed by atoms with Gasteiger partial charge >= 0.3 is 0 Å². The highest BCUT2D eigenvalue weighted by molar-refractivity contribution is 5.51. The molecule has 0 aromatic carbocycles. The molecule has 17 heavy (non-hydrogen) atoms. The fraction of sp³-hybridized carbons (Fsp3) is 0.615. The number of hydrogen-bond acceptors (Lipinski definition) is 4. The summed E-state index contributed by atoms with van der Waals surface area (Å²) in [6.45, 7) is 0.00497. The van der Waals surface area contributed by atoms with Crippen LogP contribution in [0.15, 0.2) is 18.5 Å². The Kier molecular flexibility index (Phi) is 3.97. The molecule has 1 aromatic rings. The van der Waals surface area contributed by atoms with Crippen LogP contribution in [-0.2, 0) is 6.61 Å². The lowest BCUT2D eigenvalue weighted by atomic mass is 9.91. The summed E-state index contributed by atoms with van der Waals surface area (Å²) in [5, 5.41) is 19.4. The topological polar surface area (TPSA) is 56.6 Å². The van der Waals surface area contributed by atoms with Crippen molar-refractivity contribution in [1.29, 1.82) is 0 Å². The van der Waals surface area contributed by atoms with Gasteiger partial charge in [-0.25, -0.2) is 0 Å². The molecule has 1 aliphatic carbocycles. The Bertz CT molecular complexity index is 370. The van der Waals surface area contributed by atoms with Gasteiger partial charge in [-0.05, 0) is 18.9 Å². The maximum atomic E-state index is 10.0. The molecule has 2 unspecified atom stereocenters. The molecule has 1 heterocycles. The molecule has 0 amide bonds. The van der Waals surface area contributed by atoms with E-state index in [0.29, 0.717) is 0 Å². The van der Waals surface area contributed by atoms with E-state index in [1.54, 1.807) is 12.4 Å². The summed E-state index contributed by atoms with van der Waals surface area (Å²) < 4.78 is 0. The maximum Gasteiger partial charge on any atom is 0.0743 e. The average Bonchev–Trinajstić information content (AvgIpc) is 2.38. The minimum absolute atomic E-state index is 0.00497. The van der Waals surface area contributed by atoms with Crippen LogP contribution < -0.4 is 4.90 Å². The predicted octanol–water partition coefficient (Wildman–Crippen LogP) is 1.31. The van der Waals surface area contributed by atoms with E-state index < -0.39 is 0 Å². The van der Waals surface area contributed by atoms with Gasteiger partial charge in [0.1, 0.15) is 0 Å². The average molecular weight is 236 g/mol. The van der Waals surface area contributed by atoms with Crippen molar-refractivity contribution in [2.24, 2.45) is 0 Å². The number of nitrogens with zero attached hydrogens (tertiary/aromatic N) is 2. The Morgan fingerprint density at radius 1 is 1.41 bits per heavy atom. The van der Waals surface area contributed by atoms with Gasteiger partial charge in [0.2, 0.25) is 0 Å². The molecule has 94 valence electrons. The van der Waals surface area contributed by atoms with Crippen LogP contribution in [0.2, 0.25) is 0 Å². The molecule has 0 aliphatic heterocycles. The number of aliphatic hydroxyl groups excluding tert-OH is 2. The van der Waals surface area contributed by atoms with Crippen LogP contribution in [0.1, 0.15) is 31.2 Å². The Morgan fingerprint density at radius 2 is 2.18 bits per heavy atom. The zero-order chi connectivity index (χ0) is 12.3. The number of aliphatic hydroxyl groups is 2. The molecule has 1 saturated carbocycles. The van der Waals surface area contributed by atoms with Gasteiger partial charge in [-0.15, -0.1) is 0 Å². The molecule has 0 bridgehead atoms. The van der Waals surface area contributed by atoms with E-state index in [9.17, 15) is 10.2 Å². The van der Waals surface area contributed by atoms with Gasteiger partial charge in [0, 0.05) is 18.8 Å². The number of aromatic nitrogens is 1. The van der Waals surface area contributed by atoms with Crippen molar-refractivity contribution in [3.05, 3.63) is 24.0 Å². The summed E-state index contributed by atoms with van der Waals surface area (Å²) in [5.41, 5.74) is 1.78. The van der Waals surface area contributed by atoms with Gasteiger partial charge in [0.05, 0.1) is 30.6 Å². The number of rotatable bonds is 3. The fourth-order valence-corrected chi connectivity index (χ4v) is 2.59. The van der Waals surface area contributed by atoms with Crippen molar-refractivity contribution in [3.63, 3.8) is 0 Å². The number of anilines is 1. The van der Waals surface area contributed by atoms with Crippen molar-refractivity contribution >= 4 is 5.69 Å². The predicted molar refractivity (Wildman–Crippen MR) is 66.8 cm³/mol. The van der Waals surface area contributed by atoms with E-state index >= 15 is 0 Å². The lowest BCUT2D eigenvalue weighted by molar-refractivity contribution is 0.106. The molecule has 4 heteroatoms. The largest absolute Gasteiger partial charge is 0.392 e. The third-order valence-electron chi connectivity index (χ3n) is 3.63. The van der Waals surface area contributed by atoms with E-state index in [-0.39, 0.29) is 18.8 Å². The Labute approximate surface area is 102 Å². The third kappa shape index (κ3) is 2.58. The first-order chi connectivity index (χ1) is 8.24. The quantitative estimate of drug-likeness (QED) is 0.831. The zero-order valence-corrected chi connectivity index (χ0v) is 10.2. The summed E-state index contributed by atoms with van der Waals surface area (Å²) in [6.07, 6.45) is 7.28. The third-order valence-corrected chi connectivity index (χ3v) is 3.63. The minimum atomic E-state index is -0.277. The molecule has 2 rings (SSSR count). The van der Waals surface area contributed by atoms with Crippen LogP contribution in [0.25, 0.3) is 0 Å². The number of pyridine rings is 1. The lowest BCUT2D eigenvalue weighted by Crippen LogP contribution is -2.43. The zero-order valence-electron chi connectivity index (χ0n) is 10.2. The molecule has 1 aromatic heterocycles. The standard InChI is InChI=1S/C13H20N2O2/c1-15(11-4-2-3-5-13(11)17)12-8-14-7-6-10(12)9-16/h6-8,11,13,16-17H,2-5,9H2,1H3. The minimum Gasteiger partial charge on any atom is -0.392 e. The van der Waals surface area contributed by atoms with Crippen molar-refractivity contribution in [1.82, 2.24) is 4.98 Å². The molecule has 4 nitrogen and oxygen atoms in total. The summed E-state index contributed by atoms with van der Waals surface area (Å²) in [7, 11) is 1.97. The van der Waals surface area contributed by atoms with Crippen LogP contribution in [0, 0.1) is 0 Å². The second kappa shape index (κ2) is 5.47. The highest BCUT2D eigenvalue weighted by Gasteiger charge is 2.27. The van der Waals surface area contributed by atoms with Crippen molar-refractivity contribution in [2.45, 2.75) is 44.4 Å². The van der Waals surface area contributed by atoms with Gasteiger partial charge in [0.25, 0.3) is 0 Å². The summed E-state index contributed by atoms with van der Waals surface area (Å²) in [6, 6.07) is 1.96. The van der Waals surface area contributed by atoms with Crippen molar-refractivity contribution in [2.75, 3.05) is 11.9 Å². The fourth-order valence-electron chi connectivity index (χ4n) is 2.59. The second-order valence-electron chi connectivity index (χ2n) is 4.69. The van der Waals surface area contributed by atoms with Crippen LogP contribution in [-0.4, -0.2) is 34.4 Å². The Morgan fingerprint density at radius 3 is 2.88 bits per heavy atom.